The van der Waals surface area contributed by atoms with Crippen molar-refractivity contribution in [2.75, 3.05) is 46.9 Å². The molecule has 0 aromatic carbocycles. The molecule has 2 heterocycles. The molecule has 23 heavy (non-hydrogen) atoms. The van der Waals surface area contributed by atoms with E-state index in [4.69, 9.17) is 4.74 Å². The highest BCUT2D eigenvalue weighted by molar-refractivity contribution is 14.0. The van der Waals surface area contributed by atoms with Gasteiger partial charge in [0, 0.05) is 44.7 Å². The molecular weight excluding hydrogens is 423 g/mol. The molecule has 1 aliphatic rings. The summed E-state index contributed by atoms with van der Waals surface area (Å²) in [6, 6.07) is 4.86. The summed E-state index contributed by atoms with van der Waals surface area (Å²) in [4.78, 5) is 8.23. The molecule has 0 bridgehead atoms. The van der Waals surface area contributed by atoms with E-state index in [1.165, 1.54) is 24.3 Å². The average Bonchev–Trinajstić information content (AvgIpc) is 3.20. The van der Waals surface area contributed by atoms with Gasteiger partial charge in [0.05, 0.1) is 6.61 Å². The zero-order chi connectivity index (χ0) is 15.6. The summed E-state index contributed by atoms with van der Waals surface area (Å²) in [5.41, 5.74) is 0. The summed E-state index contributed by atoms with van der Waals surface area (Å²) in [5, 5.41) is 8.97. The zero-order valence-electron chi connectivity index (χ0n) is 14.1. The van der Waals surface area contributed by atoms with Gasteiger partial charge in [-0.3, -0.25) is 9.89 Å². The molecule has 5 nitrogen and oxygen atoms in total. The van der Waals surface area contributed by atoms with Crippen molar-refractivity contribution < 1.29 is 4.74 Å². The molecule has 132 valence electrons. The maximum atomic E-state index is 5.19. The second-order valence-electron chi connectivity index (χ2n) is 5.53. The second-order valence-corrected chi connectivity index (χ2v) is 6.57. The van der Waals surface area contributed by atoms with Crippen LogP contribution in [-0.4, -0.2) is 63.8 Å². The van der Waals surface area contributed by atoms with E-state index in [9.17, 15) is 0 Å². The van der Waals surface area contributed by atoms with Crippen molar-refractivity contribution in [2.45, 2.75) is 25.3 Å². The first-order valence-corrected chi connectivity index (χ1v) is 8.91. The van der Waals surface area contributed by atoms with Gasteiger partial charge in [-0.15, -0.1) is 35.3 Å². The molecule has 2 rings (SSSR count). The summed E-state index contributed by atoms with van der Waals surface area (Å²) < 4.78 is 5.19. The van der Waals surface area contributed by atoms with Crippen LogP contribution in [0.2, 0.25) is 0 Å². The van der Waals surface area contributed by atoms with E-state index >= 15 is 0 Å². The molecule has 1 aromatic rings. The van der Waals surface area contributed by atoms with Gasteiger partial charge in [0.1, 0.15) is 0 Å². The number of halogens is 1. The normalized spacial score (nSPS) is 18.7. The highest BCUT2D eigenvalue weighted by Gasteiger charge is 2.23. The van der Waals surface area contributed by atoms with Crippen molar-refractivity contribution in [3.05, 3.63) is 22.4 Å². The van der Waals surface area contributed by atoms with Crippen LogP contribution in [0.4, 0.5) is 0 Å². The predicted molar refractivity (Wildman–Crippen MR) is 109 cm³/mol. The van der Waals surface area contributed by atoms with E-state index in [1.807, 2.05) is 7.05 Å². The van der Waals surface area contributed by atoms with Crippen LogP contribution in [0.3, 0.4) is 0 Å². The Morgan fingerprint density at radius 1 is 1.48 bits per heavy atom. The summed E-state index contributed by atoms with van der Waals surface area (Å²) in [5.74, 6) is 0.898. The standard InChI is InChI=1S/C16H28N4OS.HI/c1-17-16(18-8-7-15-6-4-12-22-15)19-13-14-5-3-9-20(14)10-11-21-2;/h4,6,12,14H,3,5,7-11,13H2,1-2H3,(H2,17,18,19);1H. The van der Waals surface area contributed by atoms with Crippen LogP contribution in [0.25, 0.3) is 0 Å². The van der Waals surface area contributed by atoms with E-state index in [0.29, 0.717) is 6.04 Å². The number of aliphatic imine (C=N–C) groups is 1. The number of thiophene rings is 1. The average molecular weight is 452 g/mol. The number of hydrogen-bond donors (Lipinski definition) is 2. The lowest BCUT2D eigenvalue weighted by Crippen LogP contribution is -2.45. The minimum atomic E-state index is 0. The minimum Gasteiger partial charge on any atom is -0.383 e. The van der Waals surface area contributed by atoms with Gasteiger partial charge in [-0.1, -0.05) is 6.07 Å². The Morgan fingerprint density at radius 3 is 3.04 bits per heavy atom. The molecule has 1 unspecified atom stereocenters. The molecule has 0 radical (unpaired) electrons. The quantitative estimate of drug-likeness (QED) is 0.361. The topological polar surface area (TPSA) is 48.9 Å². The van der Waals surface area contributed by atoms with Crippen LogP contribution < -0.4 is 10.6 Å². The number of nitrogens with one attached hydrogen (secondary N) is 2. The fourth-order valence-electron chi connectivity index (χ4n) is 2.82. The van der Waals surface area contributed by atoms with Crippen LogP contribution in [0, 0.1) is 0 Å². The van der Waals surface area contributed by atoms with E-state index in [2.05, 4.69) is 38.0 Å². The fraction of sp³-hybridized carbons (Fsp3) is 0.688. The Morgan fingerprint density at radius 2 is 2.35 bits per heavy atom. The van der Waals surface area contributed by atoms with Crippen molar-refractivity contribution in [2.24, 2.45) is 4.99 Å². The third kappa shape index (κ3) is 7.36. The van der Waals surface area contributed by atoms with Crippen molar-refractivity contribution in [3.63, 3.8) is 0 Å². The summed E-state index contributed by atoms with van der Waals surface area (Å²) in [6.45, 7) is 4.87. The molecule has 1 atom stereocenters. The highest BCUT2D eigenvalue weighted by Crippen LogP contribution is 2.15. The Bertz CT molecular complexity index is 441. The number of ether oxygens (including phenoxy) is 1. The molecule has 1 aliphatic heterocycles. The Labute approximate surface area is 160 Å². The fourth-order valence-corrected chi connectivity index (χ4v) is 3.53. The van der Waals surface area contributed by atoms with Crippen LogP contribution in [0.5, 0.6) is 0 Å². The van der Waals surface area contributed by atoms with Crippen LogP contribution in [0.15, 0.2) is 22.5 Å². The molecule has 0 aliphatic carbocycles. The molecule has 1 saturated heterocycles. The van der Waals surface area contributed by atoms with Gasteiger partial charge in [0.25, 0.3) is 0 Å². The molecular formula is C16H29IN4OS. The lowest BCUT2D eigenvalue weighted by molar-refractivity contribution is 0.141. The number of likely N-dealkylation sites (tertiary alicyclic amines) is 1. The largest absolute Gasteiger partial charge is 0.383 e. The van der Waals surface area contributed by atoms with Gasteiger partial charge in [-0.2, -0.15) is 0 Å². The summed E-state index contributed by atoms with van der Waals surface area (Å²) in [7, 11) is 3.60. The van der Waals surface area contributed by atoms with Gasteiger partial charge in [-0.25, -0.2) is 0 Å². The number of guanidine groups is 1. The third-order valence-electron chi connectivity index (χ3n) is 4.05. The lowest BCUT2D eigenvalue weighted by Gasteiger charge is -2.25. The lowest BCUT2D eigenvalue weighted by atomic mass is 10.2. The van der Waals surface area contributed by atoms with E-state index < -0.39 is 0 Å². The third-order valence-corrected chi connectivity index (χ3v) is 4.99. The van der Waals surface area contributed by atoms with Crippen molar-refractivity contribution >= 4 is 41.3 Å². The van der Waals surface area contributed by atoms with Crippen molar-refractivity contribution in [1.82, 2.24) is 15.5 Å². The molecule has 2 N–H and O–H groups in total. The highest BCUT2D eigenvalue weighted by atomic mass is 127. The minimum absolute atomic E-state index is 0. The van der Waals surface area contributed by atoms with Crippen LogP contribution in [-0.2, 0) is 11.2 Å². The van der Waals surface area contributed by atoms with E-state index in [1.54, 1.807) is 18.4 Å². The summed E-state index contributed by atoms with van der Waals surface area (Å²) >= 11 is 1.81. The number of methoxy groups -OCH3 is 1. The van der Waals surface area contributed by atoms with Crippen LogP contribution in [0.1, 0.15) is 17.7 Å². The predicted octanol–water partition coefficient (Wildman–Crippen LogP) is 2.18. The number of nitrogens with zero attached hydrogens (tertiary/aromatic N) is 2. The molecule has 1 aromatic heterocycles. The zero-order valence-corrected chi connectivity index (χ0v) is 17.2. The number of rotatable bonds is 8. The maximum absolute atomic E-state index is 5.19. The SMILES string of the molecule is CN=C(NCCc1cccs1)NCC1CCCN1CCOC.I. The maximum Gasteiger partial charge on any atom is 0.191 e. The Hall–Kier alpha value is -0.380. The van der Waals surface area contributed by atoms with Gasteiger partial charge in [0.2, 0.25) is 0 Å². The second kappa shape index (κ2) is 12.0. The van der Waals surface area contributed by atoms with Crippen molar-refractivity contribution in [1.29, 1.82) is 0 Å². The molecule has 1 fully saturated rings. The van der Waals surface area contributed by atoms with Gasteiger partial charge >= 0.3 is 0 Å². The van der Waals surface area contributed by atoms with Crippen LogP contribution >= 0.6 is 35.3 Å². The first-order valence-electron chi connectivity index (χ1n) is 8.03. The van der Waals surface area contributed by atoms with Gasteiger partial charge in [0.15, 0.2) is 5.96 Å². The Balaban J connectivity index is 0.00000264. The monoisotopic (exact) mass is 452 g/mol. The molecule has 0 amide bonds. The number of hydrogen-bond acceptors (Lipinski definition) is 4. The van der Waals surface area contributed by atoms with E-state index in [-0.39, 0.29) is 24.0 Å². The Kier molecular flexibility index (Phi) is 10.8. The van der Waals surface area contributed by atoms with Gasteiger partial charge < -0.3 is 15.4 Å². The molecule has 0 spiro atoms. The first kappa shape index (κ1) is 20.7. The molecule has 0 saturated carbocycles. The van der Waals surface area contributed by atoms with Gasteiger partial charge in [-0.05, 0) is 37.3 Å². The molecule has 7 heteroatoms. The van der Waals surface area contributed by atoms with E-state index in [0.717, 1.165) is 38.6 Å². The first-order chi connectivity index (χ1) is 10.8. The van der Waals surface area contributed by atoms with Crippen molar-refractivity contribution in [3.8, 4) is 0 Å². The smallest absolute Gasteiger partial charge is 0.191 e. The summed E-state index contributed by atoms with van der Waals surface area (Å²) in [6.07, 6.45) is 3.57.